The van der Waals surface area contributed by atoms with Crippen LogP contribution in [0.4, 0.5) is 5.69 Å². The fraction of sp³-hybridized carbons (Fsp3) is 0.500. The summed E-state index contributed by atoms with van der Waals surface area (Å²) in [5.41, 5.74) is 5.57. The molecule has 4 heterocycles. The molecule has 5 nitrogen and oxygen atoms in total. The molecule has 2 N–H and O–H groups in total. The van der Waals surface area contributed by atoms with Gasteiger partial charge < -0.3 is 25.3 Å². The molecule has 0 aliphatic carbocycles. The lowest BCUT2D eigenvalue weighted by atomic mass is 9.93. The van der Waals surface area contributed by atoms with Crippen molar-refractivity contribution in [3.63, 3.8) is 0 Å². The van der Waals surface area contributed by atoms with E-state index in [1.807, 2.05) is 0 Å². The SMILES string of the molecule is CC1CCN(C2=CC(C3=CC=C(N4CCNCC4)NC3)N(C)c3ccccc32)C1. The molecule has 0 spiro atoms. The molecule has 2 unspecified atom stereocenters. The van der Waals surface area contributed by atoms with Crippen molar-refractivity contribution in [1.29, 1.82) is 0 Å². The number of hydrogen-bond acceptors (Lipinski definition) is 5. The Kier molecular flexibility index (Phi) is 5.00. The van der Waals surface area contributed by atoms with Crippen LogP contribution in [0.5, 0.6) is 0 Å². The maximum atomic E-state index is 3.69. The number of likely N-dealkylation sites (tertiary alicyclic amines) is 1. The molecule has 5 rings (SSSR count). The minimum Gasteiger partial charge on any atom is -0.371 e. The average molecular weight is 392 g/mol. The van der Waals surface area contributed by atoms with Crippen molar-refractivity contribution < 1.29 is 0 Å². The highest BCUT2D eigenvalue weighted by Crippen LogP contribution is 2.39. The number of para-hydroxylation sites is 1. The van der Waals surface area contributed by atoms with Crippen LogP contribution in [0.2, 0.25) is 0 Å². The Morgan fingerprint density at radius 1 is 1.00 bits per heavy atom. The van der Waals surface area contributed by atoms with E-state index in [1.54, 1.807) is 0 Å². The van der Waals surface area contributed by atoms with Crippen LogP contribution in [-0.2, 0) is 0 Å². The van der Waals surface area contributed by atoms with E-state index < -0.39 is 0 Å². The fourth-order valence-corrected chi connectivity index (χ4v) is 5.11. The fourth-order valence-electron chi connectivity index (χ4n) is 5.11. The molecule has 4 aliphatic heterocycles. The first-order valence-corrected chi connectivity index (χ1v) is 11.1. The number of dihydropyridines is 1. The third-order valence-electron chi connectivity index (χ3n) is 6.82. The number of hydrogen-bond donors (Lipinski definition) is 2. The highest BCUT2D eigenvalue weighted by Gasteiger charge is 2.31. The third-order valence-corrected chi connectivity index (χ3v) is 6.82. The molecule has 4 aliphatic rings. The second kappa shape index (κ2) is 7.79. The molecule has 0 radical (unpaired) electrons. The van der Waals surface area contributed by atoms with Gasteiger partial charge >= 0.3 is 0 Å². The molecule has 0 saturated carbocycles. The molecule has 1 aromatic carbocycles. The van der Waals surface area contributed by atoms with Gasteiger partial charge in [-0.2, -0.15) is 0 Å². The summed E-state index contributed by atoms with van der Waals surface area (Å²) in [6.07, 6.45) is 8.42. The van der Waals surface area contributed by atoms with Crippen LogP contribution in [0.3, 0.4) is 0 Å². The second-order valence-electron chi connectivity index (χ2n) is 8.85. The van der Waals surface area contributed by atoms with Crippen molar-refractivity contribution in [2.45, 2.75) is 19.4 Å². The number of nitrogens with zero attached hydrogens (tertiary/aromatic N) is 3. The molecule has 2 fully saturated rings. The number of fused-ring (bicyclic) bond motifs is 1. The number of piperazine rings is 1. The Balaban J connectivity index is 1.45. The zero-order valence-corrected chi connectivity index (χ0v) is 17.7. The molecule has 5 heteroatoms. The summed E-state index contributed by atoms with van der Waals surface area (Å²) in [5, 5.41) is 7.13. The van der Waals surface area contributed by atoms with Gasteiger partial charge in [-0.25, -0.2) is 0 Å². The van der Waals surface area contributed by atoms with Gasteiger partial charge in [0.05, 0.1) is 6.04 Å². The molecule has 154 valence electrons. The minimum atomic E-state index is 0.295. The summed E-state index contributed by atoms with van der Waals surface area (Å²) in [7, 11) is 2.24. The number of benzene rings is 1. The molecule has 0 bridgehead atoms. The summed E-state index contributed by atoms with van der Waals surface area (Å²) >= 11 is 0. The van der Waals surface area contributed by atoms with Gasteiger partial charge in [-0.1, -0.05) is 31.2 Å². The highest BCUT2D eigenvalue weighted by molar-refractivity contribution is 5.81. The first-order valence-electron chi connectivity index (χ1n) is 11.1. The molecule has 1 aromatic rings. The lowest BCUT2D eigenvalue weighted by Crippen LogP contribution is -2.47. The summed E-state index contributed by atoms with van der Waals surface area (Å²) in [4.78, 5) is 7.49. The zero-order valence-electron chi connectivity index (χ0n) is 17.7. The van der Waals surface area contributed by atoms with Gasteiger partial charge in [-0.3, -0.25) is 0 Å². The number of nitrogens with one attached hydrogen (secondary N) is 2. The Hall–Kier alpha value is -2.40. The Bertz CT molecular complexity index is 849. The predicted octanol–water partition coefficient (Wildman–Crippen LogP) is 2.46. The van der Waals surface area contributed by atoms with E-state index in [9.17, 15) is 0 Å². The summed E-state index contributed by atoms with van der Waals surface area (Å²) in [6, 6.07) is 9.19. The Morgan fingerprint density at radius 3 is 2.55 bits per heavy atom. The quantitative estimate of drug-likeness (QED) is 0.827. The number of rotatable bonds is 3. The smallest absolute Gasteiger partial charge is 0.102 e. The van der Waals surface area contributed by atoms with E-state index >= 15 is 0 Å². The highest BCUT2D eigenvalue weighted by atomic mass is 15.3. The molecular weight excluding hydrogens is 358 g/mol. The molecule has 2 atom stereocenters. The van der Waals surface area contributed by atoms with Crippen molar-refractivity contribution in [2.75, 3.05) is 57.8 Å². The largest absolute Gasteiger partial charge is 0.371 e. The lowest BCUT2D eigenvalue weighted by Gasteiger charge is -2.40. The van der Waals surface area contributed by atoms with E-state index in [4.69, 9.17) is 0 Å². The van der Waals surface area contributed by atoms with Crippen LogP contribution in [0.1, 0.15) is 18.9 Å². The molecular formula is C24H33N5. The Morgan fingerprint density at radius 2 is 1.83 bits per heavy atom. The Labute approximate surface area is 174 Å². The van der Waals surface area contributed by atoms with Gasteiger partial charge in [0.25, 0.3) is 0 Å². The monoisotopic (exact) mass is 391 g/mol. The topological polar surface area (TPSA) is 33.8 Å². The van der Waals surface area contributed by atoms with E-state index in [0.29, 0.717) is 6.04 Å². The molecule has 2 saturated heterocycles. The van der Waals surface area contributed by atoms with Crippen molar-refractivity contribution in [3.8, 4) is 0 Å². The minimum absolute atomic E-state index is 0.295. The maximum Gasteiger partial charge on any atom is 0.102 e. The lowest BCUT2D eigenvalue weighted by molar-refractivity contribution is 0.281. The van der Waals surface area contributed by atoms with Crippen LogP contribution in [-0.4, -0.2) is 68.7 Å². The predicted molar refractivity (Wildman–Crippen MR) is 121 cm³/mol. The molecule has 29 heavy (non-hydrogen) atoms. The molecule has 0 aromatic heterocycles. The van der Waals surface area contributed by atoms with Crippen LogP contribution in [0, 0.1) is 5.92 Å². The summed E-state index contributed by atoms with van der Waals surface area (Å²) in [6.45, 7) is 9.91. The van der Waals surface area contributed by atoms with Gasteiger partial charge in [0.2, 0.25) is 0 Å². The first-order chi connectivity index (χ1) is 14.2. The standard InChI is InChI=1S/C24H33N5/c1-18-9-12-29(17-18)23-15-22(27(2)21-6-4-3-5-20(21)23)19-7-8-24(26-16-19)28-13-10-25-11-14-28/h3-8,15,18,22,25-26H,9-14,16-17H2,1-2H3. The summed E-state index contributed by atoms with van der Waals surface area (Å²) < 4.78 is 0. The van der Waals surface area contributed by atoms with E-state index in [-0.39, 0.29) is 0 Å². The number of anilines is 1. The van der Waals surface area contributed by atoms with Crippen LogP contribution < -0.4 is 15.5 Å². The van der Waals surface area contributed by atoms with E-state index in [2.05, 4.69) is 81.8 Å². The van der Waals surface area contributed by atoms with Gasteiger partial charge in [-0.05, 0) is 36.1 Å². The average Bonchev–Trinajstić information content (AvgIpc) is 3.21. The van der Waals surface area contributed by atoms with Crippen molar-refractivity contribution >= 4 is 11.4 Å². The number of likely N-dealkylation sites (N-methyl/N-ethyl adjacent to an activating group) is 1. The third kappa shape index (κ3) is 3.52. The first kappa shape index (κ1) is 18.6. The van der Waals surface area contributed by atoms with Crippen LogP contribution >= 0.6 is 0 Å². The number of allylic oxidation sites excluding steroid dienone is 2. The van der Waals surface area contributed by atoms with Crippen molar-refractivity contribution in [1.82, 2.24) is 20.4 Å². The zero-order chi connectivity index (χ0) is 19.8. The normalized spacial score (nSPS) is 27.1. The van der Waals surface area contributed by atoms with Crippen LogP contribution in [0.25, 0.3) is 5.70 Å². The van der Waals surface area contributed by atoms with Gasteiger partial charge in [0.1, 0.15) is 5.82 Å². The van der Waals surface area contributed by atoms with E-state index in [0.717, 1.165) is 38.6 Å². The van der Waals surface area contributed by atoms with Crippen molar-refractivity contribution in [3.05, 3.63) is 59.5 Å². The van der Waals surface area contributed by atoms with E-state index in [1.165, 1.54) is 47.9 Å². The maximum absolute atomic E-state index is 3.69. The van der Waals surface area contributed by atoms with Crippen molar-refractivity contribution in [2.24, 2.45) is 5.92 Å². The summed E-state index contributed by atoms with van der Waals surface area (Å²) in [5.74, 6) is 2.05. The van der Waals surface area contributed by atoms with Crippen LogP contribution in [0.15, 0.2) is 53.9 Å². The van der Waals surface area contributed by atoms with Gasteiger partial charge in [0.15, 0.2) is 0 Å². The second-order valence-corrected chi connectivity index (χ2v) is 8.85. The molecule has 0 amide bonds. The van der Waals surface area contributed by atoms with Gasteiger partial charge in [0, 0.05) is 69.8 Å². The van der Waals surface area contributed by atoms with Gasteiger partial charge in [-0.15, -0.1) is 0 Å².